The Morgan fingerprint density at radius 1 is 1.15 bits per heavy atom. The molecule has 5 heteroatoms. The third-order valence-corrected chi connectivity index (χ3v) is 4.59. The van der Waals surface area contributed by atoms with E-state index in [-0.39, 0.29) is 18.4 Å². The van der Waals surface area contributed by atoms with Crippen LogP contribution in [0.5, 0.6) is 0 Å². The number of halogens is 1. The molecule has 1 amide bonds. The van der Waals surface area contributed by atoms with Crippen LogP contribution in [-0.2, 0) is 20.9 Å². The Bertz CT molecular complexity index is 815. The molecule has 0 aliphatic carbocycles. The normalized spacial score (nSPS) is 12.0. The predicted molar refractivity (Wildman–Crippen MR) is 108 cm³/mol. The molecule has 0 aromatic heterocycles. The first-order valence-electron chi connectivity index (χ1n) is 8.75. The molecule has 0 spiro atoms. The fourth-order valence-corrected chi connectivity index (χ4v) is 2.82. The van der Waals surface area contributed by atoms with Crippen molar-refractivity contribution in [2.45, 2.75) is 20.4 Å². The number of aryl methyl sites for hydroxylation is 1. The highest BCUT2D eigenvalue weighted by Crippen LogP contribution is 2.18. The van der Waals surface area contributed by atoms with Gasteiger partial charge < -0.3 is 9.64 Å². The van der Waals surface area contributed by atoms with Gasteiger partial charge in [0.05, 0.1) is 13.0 Å². The number of rotatable bonds is 7. The Morgan fingerprint density at radius 2 is 1.81 bits per heavy atom. The van der Waals surface area contributed by atoms with Gasteiger partial charge in [0.2, 0.25) is 5.91 Å². The smallest absolute Gasteiger partial charge is 0.310 e. The summed E-state index contributed by atoms with van der Waals surface area (Å²) in [6.07, 6.45) is 3.29. The van der Waals surface area contributed by atoms with E-state index < -0.39 is 5.92 Å². The molecule has 0 saturated heterocycles. The Labute approximate surface area is 165 Å². The molecule has 0 aliphatic heterocycles. The minimum absolute atomic E-state index is 0.189. The van der Waals surface area contributed by atoms with E-state index in [2.05, 4.69) is 0 Å². The lowest BCUT2D eigenvalue weighted by Gasteiger charge is -2.24. The fraction of sp³-hybridized carbons (Fsp3) is 0.273. The van der Waals surface area contributed by atoms with E-state index >= 15 is 0 Å². The molecule has 27 heavy (non-hydrogen) atoms. The van der Waals surface area contributed by atoms with Gasteiger partial charge in [0.25, 0.3) is 0 Å². The highest BCUT2D eigenvalue weighted by molar-refractivity contribution is 6.31. The van der Waals surface area contributed by atoms with Crippen molar-refractivity contribution in [3.63, 3.8) is 0 Å². The van der Waals surface area contributed by atoms with E-state index in [9.17, 15) is 9.59 Å². The van der Waals surface area contributed by atoms with Gasteiger partial charge in [-0.05, 0) is 30.2 Å². The van der Waals surface area contributed by atoms with Gasteiger partial charge >= 0.3 is 5.97 Å². The first kappa shape index (κ1) is 20.7. The molecule has 0 aliphatic rings. The van der Waals surface area contributed by atoms with Crippen LogP contribution in [0, 0.1) is 12.8 Å². The number of carbonyl (C=O) groups is 2. The van der Waals surface area contributed by atoms with Crippen molar-refractivity contribution in [2.75, 3.05) is 13.7 Å². The molecule has 2 aromatic rings. The average Bonchev–Trinajstić information content (AvgIpc) is 2.67. The van der Waals surface area contributed by atoms with Gasteiger partial charge in [0, 0.05) is 24.2 Å². The molecule has 0 fully saturated rings. The van der Waals surface area contributed by atoms with Crippen LogP contribution in [0.25, 0.3) is 6.08 Å². The van der Waals surface area contributed by atoms with Gasteiger partial charge in [0.15, 0.2) is 0 Å². The predicted octanol–water partition coefficient (Wildman–Crippen LogP) is 4.50. The second kappa shape index (κ2) is 9.93. The lowest BCUT2D eigenvalue weighted by atomic mass is 10.1. The summed E-state index contributed by atoms with van der Waals surface area (Å²) in [6.45, 7) is 4.31. The van der Waals surface area contributed by atoms with Crippen LogP contribution < -0.4 is 0 Å². The third kappa shape index (κ3) is 6.26. The molecule has 2 rings (SSSR count). The number of esters is 1. The molecule has 1 atom stereocenters. The highest BCUT2D eigenvalue weighted by atomic mass is 35.5. The number of ether oxygens (including phenoxy) is 1. The van der Waals surface area contributed by atoms with Gasteiger partial charge in [-0.15, -0.1) is 0 Å². The molecule has 2 aromatic carbocycles. The van der Waals surface area contributed by atoms with Gasteiger partial charge in [0.1, 0.15) is 0 Å². The Balaban J connectivity index is 2.19. The van der Waals surface area contributed by atoms with E-state index in [0.717, 1.165) is 16.7 Å². The van der Waals surface area contributed by atoms with Gasteiger partial charge in [-0.1, -0.05) is 66.6 Å². The van der Waals surface area contributed by atoms with Gasteiger partial charge in [-0.2, -0.15) is 0 Å². The summed E-state index contributed by atoms with van der Waals surface area (Å²) < 4.78 is 4.79. The van der Waals surface area contributed by atoms with Crippen molar-refractivity contribution in [1.82, 2.24) is 4.90 Å². The van der Waals surface area contributed by atoms with Crippen LogP contribution >= 0.6 is 11.6 Å². The van der Waals surface area contributed by atoms with E-state index in [1.165, 1.54) is 13.2 Å². The van der Waals surface area contributed by atoms with Crippen LogP contribution in [0.4, 0.5) is 0 Å². The lowest BCUT2D eigenvalue weighted by Crippen LogP contribution is -2.36. The average molecular weight is 386 g/mol. The summed E-state index contributed by atoms with van der Waals surface area (Å²) in [4.78, 5) is 26.2. The monoisotopic (exact) mass is 385 g/mol. The molecular weight excluding hydrogens is 362 g/mol. The van der Waals surface area contributed by atoms with E-state index in [4.69, 9.17) is 16.3 Å². The van der Waals surface area contributed by atoms with Gasteiger partial charge in [-0.25, -0.2) is 0 Å². The first-order chi connectivity index (χ1) is 12.9. The number of amides is 1. The zero-order valence-corrected chi connectivity index (χ0v) is 16.6. The zero-order chi connectivity index (χ0) is 19.8. The van der Waals surface area contributed by atoms with E-state index in [1.807, 2.05) is 49.4 Å². The first-order valence-corrected chi connectivity index (χ1v) is 9.13. The SMILES string of the molecule is COC(=O)C(C)CN(Cc1ccccc1Cl)C(=O)/C=C/c1ccc(C)cc1. The number of nitrogens with zero attached hydrogens (tertiary/aromatic N) is 1. The van der Waals surface area contributed by atoms with Crippen molar-refractivity contribution in [2.24, 2.45) is 5.92 Å². The largest absolute Gasteiger partial charge is 0.469 e. The highest BCUT2D eigenvalue weighted by Gasteiger charge is 2.21. The minimum atomic E-state index is -0.436. The second-order valence-electron chi connectivity index (χ2n) is 6.48. The summed E-state index contributed by atoms with van der Waals surface area (Å²) in [5, 5.41) is 0.587. The number of methoxy groups -OCH3 is 1. The summed E-state index contributed by atoms with van der Waals surface area (Å²) in [6, 6.07) is 15.3. The maximum Gasteiger partial charge on any atom is 0.310 e. The molecule has 0 N–H and O–H groups in total. The molecule has 4 nitrogen and oxygen atoms in total. The Morgan fingerprint density at radius 3 is 2.44 bits per heavy atom. The van der Waals surface area contributed by atoms with Crippen LogP contribution in [0.15, 0.2) is 54.6 Å². The van der Waals surface area contributed by atoms with Crippen LogP contribution in [0.2, 0.25) is 5.02 Å². The maximum atomic E-state index is 12.8. The van der Waals surface area contributed by atoms with Crippen molar-refractivity contribution in [3.05, 3.63) is 76.3 Å². The van der Waals surface area contributed by atoms with Crippen LogP contribution in [0.1, 0.15) is 23.6 Å². The molecule has 1 unspecified atom stereocenters. The number of benzene rings is 2. The van der Waals surface area contributed by atoms with Crippen LogP contribution in [0.3, 0.4) is 0 Å². The molecule has 0 radical (unpaired) electrons. The summed E-state index contributed by atoms with van der Waals surface area (Å²) in [7, 11) is 1.34. The third-order valence-electron chi connectivity index (χ3n) is 4.22. The topological polar surface area (TPSA) is 46.6 Å². The molecule has 0 saturated carbocycles. The fourth-order valence-electron chi connectivity index (χ4n) is 2.62. The van der Waals surface area contributed by atoms with Crippen molar-refractivity contribution >= 4 is 29.6 Å². The number of hydrogen-bond donors (Lipinski definition) is 0. The Hall–Kier alpha value is -2.59. The zero-order valence-electron chi connectivity index (χ0n) is 15.8. The van der Waals surface area contributed by atoms with Gasteiger partial charge in [-0.3, -0.25) is 9.59 Å². The molecule has 0 bridgehead atoms. The number of carbonyl (C=O) groups excluding carboxylic acids is 2. The lowest BCUT2D eigenvalue weighted by molar-refractivity contribution is -0.146. The molecular formula is C22H24ClNO3. The Kier molecular flexibility index (Phi) is 7.62. The van der Waals surface area contributed by atoms with Crippen LogP contribution in [-0.4, -0.2) is 30.4 Å². The van der Waals surface area contributed by atoms with E-state index in [1.54, 1.807) is 24.0 Å². The van der Waals surface area contributed by atoms with Crippen molar-refractivity contribution in [1.29, 1.82) is 0 Å². The molecule has 0 heterocycles. The quantitative estimate of drug-likeness (QED) is 0.520. The maximum absolute atomic E-state index is 12.8. The number of hydrogen-bond acceptors (Lipinski definition) is 3. The molecule has 142 valence electrons. The second-order valence-corrected chi connectivity index (χ2v) is 6.89. The summed E-state index contributed by atoms with van der Waals surface area (Å²) in [5.74, 6) is -0.977. The standard InChI is InChI=1S/C22H24ClNO3/c1-16-8-10-18(11-9-16)12-13-21(25)24(14-17(2)22(26)27-3)15-19-6-4-5-7-20(19)23/h4-13,17H,14-15H2,1-3H3/b13-12+. The van der Waals surface area contributed by atoms with Crippen molar-refractivity contribution < 1.29 is 14.3 Å². The summed E-state index contributed by atoms with van der Waals surface area (Å²) in [5.41, 5.74) is 2.92. The minimum Gasteiger partial charge on any atom is -0.469 e. The summed E-state index contributed by atoms with van der Waals surface area (Å²) >= 11 is 6.24. The van der Waals surface area contributed by atoms with Crippen molar-refractivity contribution in [3.8, 4) is 0 Å². The van der Waals surface area contributed by atoms with E-state index in [0.29, 0.717) is 11.6 Å².